The second-order valence-corrected chi connectivity index (χ2v) is 13.4. The molecule has 1 aliphatic heterocycles. The fraction of sp³-hybridized carbons (Fsp3) is 0.970. The molecule has 230 valence electrons. The fourth-order valence-corrected chi connectivity index (χ4v) is 6.76. The Labute approximate surface area is 245 Å². The predicted molar refractivity (Wildman–Crippen MR) is 161 cm³/mol. The van der Waals surface area contributed by atoms with Crippen molar-refractivity contribution in [3.05, 3.63) is 0 Å². The minimum atomic E-state index is -0.493. The van der Waals surface area contributed by atoms with Gasteiger partial charge in [-0.2, -0.15) is 0 Å². The first-order valence-corrected chi connectivity index (χ1v) is 17.0. The zero-order chi connectivity index (χ0) is 28.6. The number of hydrogen-bond acceptors (Lipinski definition) is 5. The molecule has 2 rings (SSSR count). The Morgan fingerprint density at radius 3 is 2.41 bits per heavy atom. The molecule has 0 aromatic heterocycles. The van der Waals surface area contributed by atoms with Gasteiger partial charge in [-0.05, 0) is 56.3 Å². The van der Waals surface area contributed by atoms with Gasteiger partial charge in [-0.15, -0.1) is 11.6 Å². The Kier molecular flexibility index (Phi) is 16.9. The molecule has 1 N–H and O–H groups in total. The number of esters is 1. The molecule has 6 heteroatoms. The van der Waals surface area contributed by atoms with E-state index in [-0.39, 0.29) is 23.6 Å². The van der Waals surface area contributed by atoms with Crippen LogP contribution in [0.15, 0.2) is 0 Å². The molecule has 5 nitrogen and oxygen atoms in total. The van der Waals surface area contributed by atoms with Crippen LogP contribution in [0.25, 0.3) is 0 Å². The van der Waals surface area contributed by atoms with Crippen molar-refractivity contribution >= 4 is 17.6 Å². The van der Waals surface area contributed by atoms with Gasteiger partial charge in [0.25, 0.3) is 0 Å². The first-order chi connectivity index (χ1) is 18.8. The highest BCUT2D eigenvalue weighted by atomic mass is 35.5. The zero-order valence-electron chi connectivity index (χ0n) is 25.8. The number of aliphatic hydroxyl groups excluding tert-OH is 1. The number of halogens is 1. The standard InChI is InChI=1S/C33H61ClO5/c1-5-7-9-10-13-16-24-37-31(36)18-15-12-11-14-17-29-27(19-20-30(35)32(3,4)22-8-6-2)21-23-33(29)38-26-28(25-34)39-33/h27-30,35H,5-26H2,1-4H3/t27-,28-,29+,30-,33?/m0/s1. The van der Waals surface area contributed by atoms with Crippen LogP contribution >= 0.6 is 11.6 Å². The average molecular weight is 573 g/mol. The molecule has 5 atom stereocenters. The van der Waals surface area contributed by atoms with Gasteiger partial charge in [0.15, 0.2) is 5.79 Å². The highest BCUT2D eigenvalue weighted by Gasteiger charge is 2.54. The Hall–Kier alpha value is -0.360. The van der Waals surface area contributed by atoms with Crippen LogP contribution in [-0.4, -0.2) is 48.2 Å². The van der Waals surface area contributed by atoms with Gasteiger partial charge in [-0.1, -0.05) is 91.9 Å². The van der Waals surface area contributed by atoms with Crippen LogP contribution in [0.3, 0.4) is 0 Å². The van der Waals surface area contributed by atoms with E-state index in [1.54, 1.807) is 0 Å². The largest absolute Gasteiger partial charge is 0.466 e. The molecule has 0 amide bonds. The van der Waals surface area contributed by atoms with Gasteiger partial charge in [-0.25, -0.2) is 0 Å². The van der Waals surface area contributed by atoms with Gasteiger partial charge < -0.3 is 19.3 Å². The number of alkyl halides is 1. The average Bonchev–Trinajstić information content (AvgIpc) is 3.50. The summed E-state index contributed by atoms with van der Waals surface area (Å²) < 4.78 is 18.2. The SMILES string of the molecule is CCCCCCCCOC(=O)CCCCCC[C@@H]1[C@@H](CC[C@H](O)C(C)(C)CCCC)CCC12OC[C@H](CCl)O2. The summed E-state index contributed by atoms with van der Waals surface area (Å²) in [5.41, 5.74) is -0.0400. The van der Waals surface area contributed by atoms with E-state index < -0.39 is 5.79 Å². The lowest BCUT2D eigenvalue weighted by atomic mass is 9.77. The normalized spacial score (nSPS) is 25.9. The molecule has 2 fully saturated rings. The Balaban J connectivity index is 1.72. The van der Waals surface area contributed by atoms with E-state index in [0.29, 0.717) is 37.4 Å². The summed E-state index contributed by atoms with van der Waals surface area (Å²) in [6.45, 7) is 10.0. The summed E-state index contributed by atoms with van der Waals surface area (Å²) in [4.78, 5) is 12.1. The Morgan fingerprint density at radius 2 is 1.69 bits per heavy atom. The van der Waals surface area contributed by atoms with Crippen LogP contribution in [0.2, 0.25) is 0 Å². The lowest BCUT2D eigenvalue weighted by Gasteiger charge is -2.35. The van der Waals surface area contributed by atoms with E-state index in [2.05, 4.69) is 27.7 Å². The molecule has 0 radical (unpaired) electrons. The van der Waals surface area contributed by atoms with Gasteiger partial charge in [-0.3, -0.25) is 4.79 Å². The quantitative estimate of drug-likeness (QED) is 0.0796. The molecule has 2 aliphatic rings. The molecule has 1 aliphatic carbocycles. The number of hydrogen-bond donors (Lipinski definition) is 1. The molecule has 0 aromatic carbocycles. The smallest absolute Gasteiger partial charge is 0.305 e. The second-order valence-electron chi connectivity index (χ2n) is 13.0. The highest BCUT2D eigenvalue weighted by Crippen LogP contribution is 2.51. The molecule has 1 saturated carbocycles. The third kappa shape index (κ3) is 12.2. The van der Waals surface area contributed by atoms with E-state index in [4.69, 9.17) is 25.8 Å². The lowest BCUT2D eigenvalue weighted by Crippen LogP contribution is -2.38. The molecular formula is C33H61ClO5. The maximum absolute atomic E-state index is 12.1. The predicted octanol–water partition coefficient (Wildman–Crippen LogP) is 8.96. The first kappa shape index (κ1) is 34.8. The molecule has 1 spiro atoms. The van der Waals surface area contributed by atoms with E-state index in [1.807, 2.05) is 0 Å². The Bertz CT molecular complexity index is 656. The van der Waals surface area contributed by atoms with Crippen molar-refractivity contribution in [1.82, 2.24) is 0 Å². The molecular weight excluding hydrogens is 512 g/mol. The third-order valence-corrected chi connectivity index (χ3v) is 9.69. The number of unbranched alkanes of at least 4 members (excludes halogenated alkanes) is 9. The first-order valence-electron chi connectivity index (χ1n) is 16.5. The minimum Gasteiger partial charge on any atom is -0.466 e. The van der Waals surface area contributed by atoms with Crippen LogP contribution in [0, 0.1) is 17.3 Å². The zero-order valence-corrected chi connectivity index (χ0v) is 26.6. The number of aliphatic hydroxyl groups is 1. The Morgan fingerprint density at radius 1 is 1.00 bits per heavy atom. The van der Waals surface area contributed by atoms with Crippen LogP contribution in [0.5, 0.6) is 0 Å². The van der Waals surface area contributed by atoms with Crippen molar-refractivity contribution in [2.24, 2.45) is 17.3 Å². The molecule has 1 unspecified atom stereocenters. The monoisotopic (exact) mass is 572 g/mol. The van der Waals surface area contributed by atoms with Gasteiger partial charge in [0.1, 0.15) is 0 Å². The topological polar surface area (TPSA) is 65.0 Å². The molecule has 1 heterocycles. The van der Waals surface area contributed by atoms with Crippen molar-refractivity contribution in [2.45, 2.75) is 168 Å². The van der Waals surface area contributed by atoms with Gasteiger partial charge >= 0.3 is 5.97 Å². The van der Waals surface area contributed by atoms with E-state index in [9.17, 15) is 9.90 Å². The maximum Gasteiger partial charge on any atom is 0.305 e. The summed E-state index contributed by atoms with van der Waals surface area (Å²) in [5, 5.41) is 11.0. The van der Waals surface area contributed by atoms with Crippen LogP contribution in [0.4, 0.5) is 0 Å². The van der Waals surface area contributed by atoms with Crippen LogP contribution in [0.1, 0.15) is 150 Å². The van der Waals surface area contributed by atoms with Crippen molar-refractivity contribution in [2.75, 3.05) is 19.1 Å². The number of carbonyl (C=O) groups is 1. The summed E-state index contributed by atoms with van der Waals surface area (Å²) in [7, 11) is 0. The van der Waals surface area contributed by atoms with Gasteiger partial charge in [0, 0.05) is 18.8 Å². The molecule has 1 saturated heterocycles. The van der Waals surface area contributed by atoms with Crippen LogP contribution in [-0.2, 0) is 19.0 Å². The molecule has 39 heavy (non-hydrogen) atoms. The highest BCUT2D eigenvalue weighted by molar-refractivity contribution is 6.18. The lowest BCUT2D eigenvalue weighted by molar-refractivity contribution is -0.196. The maximum atomic E-state index is 12.1. The summed E-state index contributed by atoms with van der Waals surface area (Å²) >= 11 is 6.12. The van der Waals surface area contributed by atoms with Crippen molar-refractivity contribution < 1.29 is 24.1 Å². The summed E-state index contributed by atoms with van der Waals surface area (Å²) in [6, 6.07) is 0. The van der Waals surface area contributed by atoms with E-state index in [0.717, 1.165) is 83.5 Å². The fourth-order valence-electron chi connectivity index (χ4n) is 6.61. The van der Waals surface area contributed by atoms with Crippen molar-refractivity contribution in [3.8, 4) is 0 Å². The molecule has 0 bridgehead atoms. The van der Waals surface area contributed by atoms with Crippen molar-refractivity contribution in [1.29, 1.82) is 0 Å². The van der Waals surface area contributed by atoms with E-state index >= 15 is 0 Å². The number of ether oxygens (including phenoxy) is 3. The van der Waals surface area contributed by atoms with Crippen molar-refractivity contribution in [3.63, 3.8) is 0 Å². The van der Waals surface area contributed by atoms with Crippen LogP contribution < -0.4 is 0 Å². The minimum absolute atomic E-state index is 0.0196. The number of rotatable bonds is 22. The van der Waals surface area contributed by atoms with E-state index in [1.165, 1.54) is 32.1 Å². The summed E-state index contributed by atoms with van der Waals surface area (Å²) in [6.07, 6.45) is 20.0. The van der Waals surface area contributed by atoms with Gasteiger partial charge in [0.2, 0.25) is 0 Å². The third-order valence-electron chi connectivity index (χ3n) is 9.34. The molecule has 0 aromatic rings. The number of carbonyl (C=O) groups excluding carboxylic acids is 1. The summed E-state index contributed by atoms with van der Waals surface area (Å²) in [5.74, 6) is 0.788. The second kappa shape index (κ2) is 18.9. The van der Waals surface area contributed by atoms with Gasteiger partial charge in [0.05, 0.1) is 31.3 Å².